The van der Waals surface area contributed by atoms with Crippen LogP contribution in [0.1, 0.15) is 21.7 Å². The highest BCUT2D eigenvalue weighted by Gasteiger charge is 2.21. The quantitative estimate of drug-likeness (QED) is 0.328. The van der Waals surface area contributed by atoms with Gasteiger partial charge in [0.15, 0.2) is 0 Å². The lowest BCUT2D eigenvalue weighted by Gasteiger charge is -2.11. The number of furan rings is 1. The normalized spacial score (nSPS) is 11.0. The van der Waals surface area contributed by atoms with Gasteiger partial charge in [-0.3, -0.25) is 0 Å². The summed E-state index contributed by atoms with van der Waals surface area (Å²) in [6.45, 7) is 2.04. The van der Waals surface area contributed by atoms with E-state index in [1.807, 2.05) is 0 Å². The van der Waals surface area contributed by atoms with E-state index in [9.17, 15) is 9.18 Å². The van der Waals surface area contributed by atoms with E-state index in [0.717, 1.165) is 0 Å². The number of hydrogen-bond acceptors (Lipinski definition) is 5. The third-order valence-corrected chi connectivity index (χ3v) is 5.05. The summed E-state index contributed by atoms with van der Waals surface area (Å²) in [5, 5.41) is 0.816. The second-order valence-corrected chi connectivity index (χ2v) is 7.19. The van der Waals surface area contributed by atoms with Crippen molar-refractivity contribution in [1.82, 2.24) is 0 Å². The first-order valence-corrected chi connectivity index (χ1v) is 9.54. The van der Waals surface area contributed by atoms with Gasteiger partial charge in [-0.1, -0.05) is 17.7 Å². The standard InChI is InChI=1S/C20H17BrClFO5/c1-11-19(20(24)26-7-6-25-2)12-8-18(14(21)9-17(12)28-11)27-10-13-15(22)4-3-5-16(13)23/h3-5,8-9H,6-7,10H2,1-2H3. The molecular weight excluding hydrogens is 455 g/mol. The van der Waals surface area contributed by atoms with E-state index in [4.69, 9.17) is 30.2 Å². The van der Waals surface area contributed by atoms with Crippen LogP contribution in [0.15, 0.2) is 39.2 Å². The number of ether oxygens (including phenoxy) is 3. The van der Waals surface area contributed by atoms with Crippen LogP contribution in [0.3, 0.4) is 0 Å². The maximum atomic E-state index is 14.0. The second-order valence-electron chi connectivity index (χ2n) is 5.93. The number of carbonyl (C=O) groups is 1. The largest absolute Gasteiger partial charge is 0.488 e. The van der Waals surface area contributed by atoms with E-state index in [-0.39, 0.29) is 23.8 Å². The van der Waals surface area contributed by atoms with Gasteiger partial charge in [-0.05, 0) is 47.1 Å². The minimum Gasteiger partial charge on any atom is -0.488 e. The Labute approximate surface area is 174 Å². The average molecular weight is 472 g/mol. The van der Waals surface area contributed by atoms with Gasteiger partial charge in [-0.2, -0.15) is 0 Å². The fourth-order valence-electron chi connectivity index (χ4n) is 2.69. The van der Waals surface area contributed by atoms with E-state index in [1.165, 1.54) is 19.2 Å². The van der Waals surface area contributed by atoms with Crippen LogP contribution < -0.4 is 4.74 Å². The lowest BCUT2D eigenvalue weighted by molar-refractivity contribution is 0.0388. The second kappa shape index (κ2) is 8.94. The maximum absolute atomic E-state index is 14.0. The summed E-state index contributed by atoms with van der Waals surface area (Å²) >= 11 is 9.45. The van der Waals surface area contributed by atoms with Crippen LogP contribution in [0, 0.1) is 12.7 Å². The predicted molar refractivity (Wildman–Crippen MR) is 107 cm³/mol. The van der Waals surface area contributed by atoms with Crippen molar-refractivity contribution in [3.8, 4) is 5.75 Å². The molecule has 3 rings (SSSR count). The number of esters is 1. The van der Waals surface area contributed by atoms with Crippen molar-refractivity contribution in [1.29, 1.82) is 0 Å². The lowest BCUT2D eigenvalue weighted by atomic mass is 10.1. The molecular formula is C20H17BrClFO5. The first-order valence-electron chi connectivity index (χ1n) is 8.36. The fraction of sp³-hybridized carbons (Fsp3) is 0.250. The molecule has 0 atom stereocenters. The van der Waals surface area contributed by atoms with Gasteiger partial charge in [0.2, 0.25) is 0 Å². The highest BCUT2D eigenvalue weighted by atomic mass is 79.9. The Kier molecular flexibility index (Phi) is 6.59. The molecule has 5 nitrogen and oxygen atoms in total. The Morgan fingerprint density at radius 2 is 2.07 bits per heavy atom. The molecule has 0 amide bonds. The number of methoxy groups -OCH3 is 1. The maximum Gasteiger partial charge on any atom is 0.342 e. The molecule has 0 spiro atoms. The van der Waals surface area contributed by atoms with Gasteiger partial charge in [0.05, 0.1) is 16.1 Å². The van der Waals surface area contributed by atoms with Crippen LogP contribution in [0.25, 0.3) is 11.0 Å². The van der Waals surface area contributed by atoms with Crippen molar-refractivity contribution in [2.45, 2.75) is 13.5 Å². The average Bonchev–Trinajstić information content (AvgIpc) is 2.96. The van der Waals surface area contributed by atoms with Gasteiger partial charge >= 0.3 is 5.97 Å². The van der Waals surface area contributed by atoms with Crippen molar-refractivity contribution in [3.63, 3.8) is 0 Å². The van der Waals surface area contributed by atoms with Gasteiger partial charge in [-0.25, -0.2) is 9.18 Å². The molecule has 3 aromatic rings. The molecule has 28 heavy (non-hydrogen) atoms. The van der Waals surface area contributed by atoms with Crippen LogP contribution in [-0.4, -0.2) is 26.3 Å². The number of fused-ring (bicyclic) bond motifs is 1. The zero-order valence-electron chi connectivity index (χ0n) is 15.2. The Hall–Kier alpha value is -2.09. The molecule has 0 N–H and O–H groups in total. The molecule has 0 fully saturated rings. The first-order chi connectivity index (χ1) is 13.4. The highest BCUT2D eigenvalue weighted by molar-refractivity contribution is 9.10. The molecule has 0 aliphatic heterocycles. The molecule has 148 valence electrons. The Bertz CT molecular complexity index is 997. The third kappa shape index (κ3) is 4.32. The third-order valence-electron chi connectivity index (χ3n) is 4.08. The summed E-state index contributed by atoms with van der Waals surface area (Å²) in [6.07, 6.45) is 0. The highest BCUT2D eigenvalue weighted by Crippen LogP contribution is 2.36. The number of hydrogen-bond donors (Lipinski definition) is 0. The van der Waals surface area contributed by atoms with E-state index in [0.29, 0.717) is 39.1 Å². The molecule has 0 radical (unpaired) electrons. The summed E-state index contributed by atoms with van der Waals surface area (Å²) < 4.78 is 36.1. The van der Waals surface area contributed by atoms with E-state index in [1.54, 1.807) is 25.1 Å². The topological polar surface area (TPSA) is 57.9 Å². The minimum atomic E-state index is -0.515. The van der Waals surface area contributed by atoms with Crippen LogP contribution in [0.2, 0.25) is 5.02 Å². The predicted octanol–water partition coefficient (Wildman–Crippen LogP) is 5.68. The molecule has 0 unspecified atom stereocenters. The van der Waals surface area contributed by atoms with E-state index in [2.05, 4.69) is 15.9 Å². The van der Waals surface area contributed by atoms with Crippen LogP contribution in [-0.2, 0) is 16.1 Å². The zero-order chi connectivity index (χ0) is 20.3. The molecule has 1 aromatic heterocycles. The molecule has 0 saturated carbocycles. The van der Waals surface area contributed by atoms with Gasteiger partial charge in [0, 0.05) is 18.1 Å². The summed E-state index contributed by atoms with van der Waals surface area (Å²) in [6, 6.07) is 7.77. The van der Waals surface area contributed by atoms with Gasteiger partial charge in [-0.15, -0.1) is 0 Å². The fourth-order valence-corrected chi connectivity index (χ4v) is 3.35. The Morgan fingerprint density at radius 3 is 2.79 bits per heavy atom. The first kappa shape index (κ1) is 20.6. The summed E-state index contributed by atoms with van der Waals surface area (Å²) in [4.78, 5) is 12.4. The van der Waals surface area contributed by atoms with Crippen molar-refractivity contribution >= 4 is 44.5 Å². The summed E-state index contributed by atoms with van der Waals surface area (Å²) in [5.41, 5.74) is 1.06. The van der Waals surface area contributed by atoms with Crippen molar-refractivity contribution in [3.05, 3.63) is 62.5 Å². The van der Waals surface area contributed by atoms with E-state index < -0.39 is 11.8 Å². The number of aryl methyl sites for hydroxylation is 1. The van der Waals surface area contributed by atoms with Crippen molar-refractivity contribution in [2.24, 2.45) is 0 Å². The lowest BCUT2D eigenvalue weighted by Crippen LogP contribution is -2.10. The van der Waals surface area contributed by atoms with Gasteiger partial charge < -0.3 is 18.6 Å². The molecule has 1 heterocycles. The molecule has 0 aliphatic rings. The van der Waals surface area contributed by atoms with Crippen LogP contribution >= 0.6 is 27.5 Å². The van der Waals surface area contributed by atoms with Crippen LogP contribution in [0.5, 0.6) is 5.75 Å². The smallest absolute Gasteiger partial charge is 0.342 e. The molecule has 2 aromatic carbocycles. The number of halogens is 3. The number of benzene rings is 2. The van der Waals surface area contributed by atoms with Crippen LogP contribution in [0.4, 0.5) is 4.39 Å². The van der Waals surface area contributed by atoms with Crippen molar-refractivity contribution < 1.29 is 27.8 Å². The van der Waals surface area contributed by atoms with Crippen molar-refractivity contribution in [2.75, 3.05) is 20.3 Å². The van der Waals surface area contributed by atoms with Gasteiger partial charge in [0.1, 0.15) is 41.7 Å². The minimum absolute atomic E-state index is 0.0694. The number of rotatable bonds is 7. The molecule has 0 bridgehead atoms. The number of carbonyl (C=O) groups excluding carboxylic acids is 1. The monoisotopic (exact) mass is 470 g/mol. The molecule has 8 heteroatoms. The van der Waals surface area contributed by atoms with E-state index >= 15 is 0 Å². The SMILES string of the molecule is COCCOC(=O)c1c(C)oc2cc(Br)c(OCc3c(F)cccc3Cl)cc12. The zero-order valence-corrected chi connectivity index (χ0v) is 17.5. The molecule has 0 aliphatic carbocycles. The Morgan fingerprint density at radius 1 is 1.29 bits per heavy atom. The van der Waals surface area contributed by atoms with Gasteiger partial charge in [0.25, 0.3) is 0 Å². The molecule has 0 saturated heterocycles. The summed E-state index contributed by atoms with van der Waals surface area (Å²) in [5.74, 6) is -0.123. The summed E-state index contributed by atoms with van der Waals surface area (Å²) in [7, 11) is 1.52. The Balaban J connectivity index is 1.90.